The van der Waals surface area contributed by atoms with Gasteiger partial charge >= 0.3 is 0 Å². The normalized spacial score (nSPS) is 18.7. The first-order chi connectivity index (χ1) is 11.1. The lowest BCUT2D eigenvalue weighted by molar-refractivity contribution is 0.153. The van der Waals surface area contributed by atoms with E-state index in [2.05, 4.69) is 14.9 Å². The van der Waals surface area contributed by atoms with Gasteiger partial charge in [-0.2, -0.15) is 9.61 Å². The zero-order valence-electron chi connectivity index (χ0n) is 13.3. The van der Waals surface area contributed by atoms with Gasteiger partial charge in [0, 0.05) is 50.4 Å². The Morgan fingerprint density at radius 1 is 1.30 bits per heavy atom. The minimum atomic E-state index is -0.281. The summed E-state index contributed by atoms with van der Waals surface area (Å²) < 4.78 is 3.80. The average molecular weight is 312 g/mol. The van der Waals surface area contributed by atoms with Crippen molar-refractivity contribution in [1.82, 2.24) is 24.1 Å². The third-order valence-corrected chi connectivity index (χ3v) is 4.31. The number of piperidine rings is 1. The predicted molar refractivity (Wildman–Crippen MR) is 87.4 cm³/mol. The number of aliphatic hydroxyl groups excluding tert-OH is 1. The molecular weight excluding hydrogens is 292 g/mol. The number of fused-ring (bicyclic) bond motifs is 1. The zero-order chi connectivity index (χ0) is 16.0. The molecule has 0 amide bonds. The monoisotopic (exact) mass is 312 g/mol. The fourth-order valence-corrected chi connectivity index (χ4v) is 3.19. The molecule has 0 aliphatic carbocycles. The molecule has 1 aliphatic rings. The molecule has 1 saturated heterocycles. The summed E-state index contributed by atoms with van der Waals surface area (Å²) in [5.74, 6) is 1.80. The molecule has 0 aromatic carbocycles. The Kier molecular flexibility index (Phi) is 3.30. The predicted octanol–water partition coefficient (Wildman–Crippen LogP) is 1.40. The molecule has 7 heteroatoms. The number of aliphatic hydroxyl groups is 1. The largest absolute Gasteiger partial charge is 0.391 e. The highest BCUT2D eigenvalue weighted by Crippen LogP contribution is 2.24. The van der Waals surface area contributed by atoms with Crippen molar-refractivity contribution < 1.29 is 5.11 Å². The highest BCUT2D eigenvalue weighted by molar-refractivity contribution is 5.61. The van der Waals surface area contributed by atoms with Crippen LogP contribution in [0.4, 0.5) is 5.82 Å². The van der Waals surface area contributed by atoms with Gasteiger partial charge in [0.25, 0.3) is 0 Å². The summed E-state index contributed by atoms with van der Waals surface area (Å²) in [6.07, 6.45) is 5.23. The Morgan fingerprint density at radius 2 is 2.17 bits per heavy atom. The maximum absolute atomic E-state index is 9.97. The lowest BCUT2D eigenvalue weighted by atomic mass is 10.1. The van der Waals surface area contributed by atoms with Crippen LogP contribution in [0.15, 0.2) is 24.5 Å². The first kappa shape index (κ1) is 14.2. The van der Waals surface area contributed by atoms with E-state index in [9.17, 15) is 5.11 Å². The molecule has 1 fully saturated rings. The van der Waals surface area contributed by atoms with Crippen LogP contribution >= 0.6 is 0 Å². The van der Waals surface area contributed by atoms with Crippen molar-refractivity contribution in [2.24, 2.45) is 7.05 Å². The summed E-state index contributed by atoms with van der Waals surface area (Å²) in [7, 11) is 1.95. The molecular formula is C16H20N6O. The Balaban J connectivity index is 1.84. The van der Waals surface area contributed by atoms with Crippen LogP contribution in [-0.2, 0) is 7.05 Å². The van der Waals surface area contributed by atoms with E-state index in [-0.39, 0.29) is 6.10 Å². The summed E-state index contributed by atoms with van der Waals surface area (Å²) in [6.45, 7) is 3.54. The van der Waals surface area contributed by atoms with Gasteiger partial charge in [0.1, 0.15) is 11.5 Å². The van der Waals surface area contributed by atoms with Gasteiger partial charge in [0.2, 0.25) is 0 Å². The number of rotatable bonds is 2. The quantitative estimate of drug-likeness (QED) is 0.774. The second-order valence-electron chi connectivity index (χ2n) is 6.16. The van der Waals surface area contributed by atoms with Gasteiger partial charge in [-0.25, -0.2) is 9.97 Å². The van der Waals surface area contributed by atoms with Gasteiger partial charge in [-0.15, -0.1) is 0 Å². The lowest BCUT2D eigenvalue weighted by Gasteiger charge is -2.32. The number of anilines is 1. The van der Waals surface area contributed by atoms with Crippen LogP contribution in [0, 0.1) is 6.92 Å². The summed E-state index contributed by atoms with van der Waals surface area (Å²) in [5.41, 5.74) is 2.55. The summed E-state index contributed by atoms with van der Waals surface area (Å²) in [6, 6.07) is 3.99. The number of aryl methyl sites for hydroxylation is 2. The van der Waals surface area contributed by atoms with Crippen LogP contribution < -0.4 is 4.90 Å². The van der Waals surface area contributed by atoms with E-state index in [4.69, 9.17) is 5.10 Å². The molecule has 1 atom stereocenters. The first-order valence-corrected chi connectivity index (χ1v) is 7.90. The second-order valence-corrected chi connectivity index (χ2v) is 6.16. The van der Waals surface area contributed by atoms with E-state index in [1.807, 2.05) is 41.4 Å². The summed E-state index contributed by atoms with van der Waals surface area (Å²) in [5, 5.41) is 14.7. The number of β-amino-alcohol motifs (C(OH)–C–C–N with tert-alkyl or cyclic N) is 1. The van der Waals surface area contributed by atoms with Crippen LogP contribution in [0.25, 0.3) is 17.2 Å². The molecule has 0 radical (unpaired) electrons. The van der Waals surface area contributed by atoms with Crippen molar-refractivity contribution in [2.45, 2.75) is 25.9 Å². The van der Waals surface area contributed by atoms with E-state index in [1.54, 1.807) is 6.20 Å². The minimum Gasteiger partial charge on any atom is -0.391 e. The fraction of sp³-hybridized carbons (Fsp3) is 0.438. The van der Waals surface area contributed by atoms with Crippen molar-refractivity contribution in [1.29, 1.82) is 0 Å². The third-order valence-electron chi connectivity index (χ3n) is 4.31. The van der Waals surface area contributed by atoms with Crippen molar-refractivity contribution in [2.75, 3.05) is 18.0 Å². The van der Waals surface area contributed by atoms with Gasteiger partial charge < -0.3 is 14.6 Å². The minimum absolute atomic E-state index is 0.281. The highest BCUT2D eigenvalue weighted by Gasteiger charge is 2.22. The maximum atomic E-state index is 9.97. The van der Waals surface area contributed by atoms with Crippen LogP contribution in [-0.4, -0.2) is 48.4 Å². The Bertz CT molecular complexity index is 851. The number of hydrogen-bond acceptors (Lipinski definition) is 5. The molecule has 1 unspecified atom stereocenters. The third kappa shape index (κ3) is 2.46. The fourth-order valence-electron chi connectivity index (χ4n) is 3.19. The molecule has 0 bridgehead atoms. The Labute approximate surface area is 134 Å². The lowest BCUT2D eigenvalue weighted by Crippen LogP contribution is -2.39. The van der Waals surface area contributed by atoms with Crippen molar-refractivity contribution in [3.05, 3.63) is 30.2 Å². The molecule has 3 aromatic rings. The summed E-state index contributed by atoms with van der Waals surface area (Å²) >= 11 is 0. The van der Waals surface area contributed by atoms with Gasteiger partial charge in [-0.1, -0.05) is 0 Å². The molecule has 3 aromatic heterocycles. The average Bonchev–Trinajstić information content (AvgIpc) is 3.11. The molecule has 0 saturated carbocycles. The Hall–Kier alpha value is -2.41. The molecule has 0 spiro atoms. The molecule has 23 heavy (non-hydrogen) atoms. The number of imidazole rings is 1. The van der Waals surface area contributed by atoms with Crippen molar-refractivity contribution in [3.63, 3.8) is 0 Å². The van der Waals surface area contributed by atoms with E-state index < -0.39 is 0 Å². The van der Waals surface area contributed by atoms with Gasteiger partial charge in [0.05, 0.1) is 6.10 Å². The molecule has 120 valence electrons. The van der Waals surface area contributed by atoms with Crippen molar-refractivity contribution >= 4 is 11.5 Å². The second kappa shape index (κ2) is 5.34. The molecule has 4 heterocycles. The molecule has 1 N–H and O–H groups in total. The van der Waals surface area contributed by atoms with E-state index in [1.165, 1.54) is 0 Å². The molecule has 1 aliphatic heterocycles. The highest BCUT2D eigenvalue weighted by atomic mass is 16.3. The van der Waals surface area contributed by atoms with Crippen LogP contribution in [0.5, 0.6) is 0 Å². The van der Waals surface area contributed by atoms with Crippen molar-refractivity contribution in [3.8, 4) is 11.5 Å². The number of aromatic nitrogens is 5. The first-order valence-electron chi connectivity index (χ1n) is 7.90. The number of hydrogen-bond donors (Lipinski definition) is 1. The standard InChI is InChI=1S/C16H20N6O/c1-11-8-15(21-6-3-4-12(23)10-21)22-14(18-11)9-13(19-22)16-17-5-7-20(16)2/h5,7-9,12,23H,3-4,6,10H2,1-2H3. The van der Waals surface area contributed by atoms with Gasteiger partial charge in [-0.05, 0) is 19.8 Å². The number of nitrogens with zero attached hydrogens (tertiary/aromatic N) is 6. The van der Waals surface area contributed by atoms with Crippen LogP contribution in [0.1, 0.15) is 18.5 Å². The smallest absolute Gasteiger partial charge is 0.160 e. The maximum Gasteiger partial charge on any atom is 0.160 e. The van der Waals surface area contributed by atoms with Crippen LogP contribution in [0.3, 0.4) is 0 Å². The zero-order valence-corrected chi connectivity index (χ0v) is 13.3. The van der Waals surface area contributed by atoms with E-state index in [0.29, 0.717) is 6.54 Å². The van der Waals surface area contributed by atoms with Gasteiger partial charge in [-0.3, -0.25) is 0 Å². The van der Waals surface area contributed by atoms with Crippen LogP contribution in [0.2, 0.25) is 0 Å². The SMILES string of the molecule is Cc1cc(N2CCCC(O)C2)n2nc(-c3nccn3C)cc2n1. The van der Waals surface area contributed by atoms with Gasteiger partial charge in [0.15, 0.2) is 11.5 Å². The molecule has 4 rings (SSSR count). The van der Waals surface area contributed by atoms with E-state index in [0.717, 1.165) is 48.1 Å². The Morgan fingerprint density at radius 3 is 2.91 bits per heavy atom. The van der Waals surface area contributed by atoms with E-state index >= 15 is 0 Å². The molecule has 7 nitrogen and oxygen atoms in total. The topological polar surface area (TPSA) is 71.5 Å². The summed E-state index contributed by atoms with van der Waals surface area (Å²) in [4.78, 5) is 11.1.